The SMILES string of the molecule is Cc1cc(C(=O)O)c(N2C(=O)CC(C)(C)C2=O)s1. The van der Waals surface area contributed by atoms with Crippen LogP contribution >= 0.6 is 11.3 Å². The van der Waals surface area contributed by atoms with Gasteiger partial charge in [-0.25, -0.2) is 9.69 Å². The molecule has 2 heterocycles. The van der Waals surface area contributed by atoms with Crippen molar-refractivity contribution in [3.05, 3.63) is 16.5 Å². The lowest BCUT2D eigenvalue weighted by atomic mass is 9.92. The molecule has 0 saturated carbocycles. The van der Waals surface area contributed by atoms with Crippen LogP contribution in [0.1, 0.15) is 35.5 Å². The smallest absolute Gasteiger partial charge is 0.338 e. The predicted octanol–water partition coefficient (Wildman–Crippen LogP) is 2.04. The van der Waals surface area contributed by atoms with Crippen LogP contribution in [0.3, 0.4) is 0 Å². The Morgan fingerprint density at radius 1 is 1.44 bits per heavy atom. The van der Waals surface area contributed by atoms with Crippen molar-refractivity contribution >= 4 is 34.1 Å². The molecule has 1 aliphatic rings. The van der Waals surface area contributed by atoms with E-state index in [4.69, 9.17) is 5.11 Å². The molecule has 1 aromatic rings. The van der Waals surface area contributed by atoms with Crippen LogP contribution in [0.25, 0.3) is 0 Å². The molecule has 0 bridgehead atoms. The van der Waals surface area contributed by atoms with Crippen LogP contribution in [-0.4, -0.2) is 22.9 Å². The van der Waals surface area contributed by atoms with Crippen LogP contribution < -0.4 is 4.90 Å². The van der Waals surface area contributed by atoms with E-state index in [1.165, 1.54) is 6.07 Å². The first-order valence-electron chi connectivity index (χ1n) is 5.45. The summed E-state index contributed by atoms with van der Waals surface area (Å²) < 4.78 is 0. The summed E-state index contributed by atoms with van der Waals surface area (Å²) in [7, 11) is 0. The number of nitrogens with zero attached hydrogens (tertiary/aromatic N) is 1. The van der Waals surface area contributed by atoms with Gasteiger partial charge in [-0.2, -0.15) is 0 Å². The molecule has 1 fully saturated rings. The largest absolute Gasteiger partial charge is 0.478 e. The number of carbonyl (C=O) groups is 3. The van der Waals surface area contributed by atoms with Gasteiger partial charge in [0.05, 0.1) is 11.0 Å². The minimum absolute atomic E-state index is 0.0110. The average molecular weight is 267 g/mol. The average Bonchev–Trinajstić information content (AvgIpc) is 2.67. The minimum atomic E-state index is -1.13. The van der Waals surface area contributed by atoms with Gasteiger partial charge in [0.1, 0.15) is 5.00 Å². The number of thiophene rings is 1. The Bertz CT molecular complexity index is 558. The van der Waals surface area contributed by atoms with Crippen molar-refractivity contribution in [2.24, 2.45) is 5.41 Å². The summed E-state index contributed by atoms with van der Waals surface area (Å²) in [5.41, 5.74) is -0.748. The van der Waals surface area contributed by atoms with Gasteiger partial charge in [0.25, 0.3) is 0 Å². The maximum atomic E-state index is 12.1. The number of hydrogen-bond acceptors (Lipinski definition) is 4. The first kappa shape index (κ1) is 12.8. The molecule has 1 aliphatic heterocycles. The van der Waals surface area contributed by atoms with Crippen LogP contribution in [0.2, 0.25) is 0 Å². The normalized spacial score (nSPS) is 18.5. The van der Waals surface area contributed by atoms with Crippen molar-refractivity contribution in [2.75, 3.05) is 4.90 Å². The number of carbonyl (C=O) groups excluding carboxylic acids is 2. The molecule has 1 N–H and O–H groups in total. The fourth-order valence-corrected chi connectivity index (χ4v) is 2.99. The number of anilines is 1. The zero-order chi connectivity index (χ0) is 13.7. The van der Waals surface area contributed by atoms with E-state index in [0.29, 0.717) is 0 Å². The Hall–Kier alpha value is -1.69. The Balaban J connectivity index is 2.53. The number of carboxylic acids is 1. The van der Waals surface area contributed by atoms with Crippen LogP contribution in [0.15, 0.2) is 6.07 Å². The highest BCUT2D eigenvalue weighted by Crippen LogP contribution is 2.40. The van der Waals surface area contributed by atoms with Crippen molar-refractivity contribution in [3.63, 3.8) is 0 Å². The zero-order valence-electron chi connectivity index (χ0n) is 10.3. The van der Waals surface area contributed by atoms with Crippen LogP contribution in [0.5, 0.6) is 0 Å². The molecular weight excluding hydrogens is 254 g/mol. The Morgan fingerprint density at radius 3 is 2.50 bits per heavy atom. The highest BCUT2D eigenvalue weighted by atomic mass is 32.1. The minimum Gasteiger partial charge on any atom is -0.478 e. The van der Waals surface area contributed by atoms with Crippen molar-refractivity contribution in [3.8, 4) is 0 Å². The van der Waals surface area contributed by atoms with Crippen molar-refractivity contribution < 1.29 is 19.5 Å². The third-order valence-electron chi connectivity index (χ3n) is 2.89. The van der Waals surface area contributed by atoms with Crippen LogP contribution in [0, 0.1) is 12.3 Å². The molecule has 0 spiro atoms. The Labute approximate surface area is 108 Å². The number of aromatic carboxylic acids is 1. The van der Waals surface area contributed by atoms with Gasteiger partial charge in [-0.15, -0.1) is 11.3 Å². The topological polar surface area (TPSA) is 74.7 Å². The maximum Gasteiger partial charge on any atom is 0.338 e. The summed E-state index contributed by atoms with van der Waals surface area (Å²) in [6.07, 6.45) is 0.113. The third-order valence-corrected chi connectivity index (χ3v) is 3.93. The van der Waals surface area contributed by atoms with E-state index >= 15 is 0 Å². The van der Waals surface area contributed by atoms with E-state index in [1.54, 1.807) is 20.8 Å². The molecule has 96 valence electrons. The van der Waals surface area contributed by atoms with E-state index in [9.17, 15) is 14.4 Å². The fourth-order valence-electron chi connectivity index (χ4n) is 1.98. The molecular formula is C12H13NO4S. The van der Waals surface area contributed by atoms with Gasteiger partial charge in [0.2, 0.25) is 11.8 Å². The lowest BCUT2D eigenvalue weighted by Crippen LogP contribution is -2.33. The van der Waals surface area contributed by atoms with Crippen molar-refractivity contribution in [1.82, 2.24) is 0 Å². The summed E-state index contributed by atoms with van der Waals surface area (Å²) >= 11 is 1.15. The highest BCUT2D eigenvalue weighted by Gasteiger charge is 2.47. The molecule has 5 nitrogen and oxygen atoms in total. The van der Waals surface area contributed by atoms with Crippen molar-refractivity contribution in [1.29, 1.82) is 0 Å². The molecule has 6 heteroatoms. The highest BCUT2D eigenvalue weighted by molar-refractivity contribution is 7.17. The van der Waals surface area contributed by atoms with Gasteiger partial charge < -0.3 is 5.11 Å². The van der Waals surface area contributed by atoms with E-state index in [1.807, 2.05) is 0 Å². The summed E-state index contributed by atoms with van der Waals surface area (Å²) in [6.45, 7) is 5.12. The first-order valence-corrected chi connectivity index (χ1v) is 6.27. The van der Waals surface area contributed by atoms with E-state index in [0.717, 1.165) is 21.1 Å². The number of hydrogen-bond donors (Lipinski definition) is 1. The van der Waals surface area contributed by atoms with Gasteiger partial charge >= 0.3 is 5.97 Å². The second-order valence-electron chi connectivity index (χ2n) is 4.98. The van der Waals surface area contributed by atoms with E-state index < -0.39 is 11.4 Å². The van der Waals surface area contributed by atoms with E-state index in [-0.39, 0.29) is 28.8 Å². The second-order valence-corrected chi connectivity index (χ2v) is 6.21. The number of rotatable bonds is 2. The van der Waals surface area contributed by atoms with E-state index in [2.05, 4.69) is 0 Å². The predicted molar refractivity (Wildman–Crippen MR) is 66.9 cm³/mol. The lowest BCUT2D eigenvalue weighted by Gasteiger charge is -2.16. The number of amides is 2. The van der Waals surface area contributed by atoms with Gasteiger partial charge in [-0.1, -0.05) is 13.8 Å². The molecule has 0 unspecified atom stereocenters. The summed E-state index contributed by atoms with van der Waals surface area (Å²) in [4.78, 5) is 36.9. The summed E-state index contributed by atoms with van der Waals surface area (Å²) in [5.74, 6) is -1.80. The molecule has 0 aromatic carbocycles. The van der Waals surface area contributed by atoms with Gasteiger partial charge in [-0.3, -0.25) is 9.59 Å². The molecule has 1 saturated heterocycles. The van der Waals surface area contributed by atoms with Gasteiger partial charge in [0.15, 0.2) is 0 Å². The number of aryl methyl sites for hydroxylation is 1. The molecule has 2 rings (SSSR count). The molecule has 0 radical (unpaired) electrons. The quantitative estimate of drug-likeness (QED) is 0.832. The van der Waals surface area contributed by atoms with Gasteiger partial charge in [0, 0.05) is 11.3 Å². The fraction of sp³-hybridized carbons (Fsp3) is 0.417. The van der Waals surface area contributed by atoms with Crippen LogP contribution in [0.4, 0.5) is 5.00 Å². The third kappa shape index (κ3) is 1.82. The Morgan fingerprint density at radius 2 is 2.06 bits per heavy atom. The molecule has 1 aromatic heterocycles. The summed E-state index contributed by atoms with van der Waals surface area (Å²) in [5, 5.41) is 9.32. The zero-order valence-corrected chi connectivity index (χ0v) is 11.1. The summed E-state index contributed by atoms with van der Waals surface area (Å²) in [6, 6.07) is 1.48. The molecule has 2 amide bonds. The molecule has 18 heavy (non-hydrogen) atoms. The first-order chi connectivity index (χ1) is 8.24. The Kier molecular flexibility index (Phi) is 2.77. The monoisotopic (exact) mass is 267 g/mol. The van der Waals surface area contributed by atoms with Crippen molar-refractivity contribution in [2.45, 2.75) is 27.2 Å². The molecule has 0 atom stereocenters. The van der Waals surface area contributed by atoms with Gasteiger partial charge in [-0.05, 0) is 13.0 Å². The maximum absolute atomic E-state index is 12.1. The number of carboxylic acid groups (broad SMARTS) is 1. The molecule has 0 aliphatic carbocycles. The number of imide groups is 1. The lowest BCUT2D eigenvalue weighted by molar-refractivity contribution is -0.124. The second kappa shape index (κ2) is 3.91. The van der Waals surface area contributed by atoms with Crippen LogP contribution in [-0.2, 0) is 9.59 Å². The standard InChI is InChI=1S/C12H13NO4S/c1-6-4-7(10(15)16)9(18-6)13-8(14)5-12(2,3)11(13)17/h4H,5H2,1-3H3,(H,15,16).